The van der Waals surface area contributed by atoms with Gasteiger partial charge in [-0.1, -0.05) is 11.3 Å². The average Bonchev–Trinajstić information content (AvgIpc) is 3.43. The van der Waals surface area contributed by atoms with Gasteiger partial charge in [0.25, 0.3) is 0 Å². The lowest BCUT2D eigenvalue weighted by Crippen LogP contribution is -2.47. The lowest BCUT2D eigenvalue weighted by atomic mass is 10.2. The highest BCUT2D eigenvalue weighted by Gasteiger charge is 2.22. The number of thiazole rings is 1. The number of primary sulfonamides is 1. The highest BCUT2D eigenvalue weighted by molar-refractivity contribution is 7.89. The van der Waals surface area contributed by atoms with Gasteiger partial charge in [0.05, 0.1) is 11.2 Å². The summed E-state index contributed by atoms with van der Waals surface area (Å²) in [6, 6.07) is 10.2. The van der Waals surface area contributed by atoms with Crippen LogP contribution in [0.15, 0.2) is 52.0 Å². The van der Waals surface area contributed by atoms with E-state index < -0.39 is 10.0 Å². The van der Waals surface area contributed by atoms with Gasteiger partial charge >= 0.3 is 0 Å². The molecule has 0 unspecified atom stereocenters. The summed E-state index contributed by atoms with van der Waals surface area (Å²) in [5, 5.41) is 5.88. The van der Waals surface area contributed by atoms with Gasteiger partial charge in [-0.3, -0.25) is 0 Å². The molecule has 1 aliphatic heterocycles. The minimum Gasteiger partial charge on any atom is -0.462 e. The van der Waals surface area contributed by atoms with E-state index in [0.717, 1.165) is 23.6 Å². The molecular formula is C19H19N7O3S2. The number of benzene rings is 1. The number of hydrogen-bond donors (Lipinski definition) is 2. The van der Waals surface area contributed by atoms with Crippen LogP contribution in [0.2, 0.25) is 0 Å². The van der Waals surface area contributed by atoms with Crippen molar-refractivity contribution in [2.75, 3.05) is 41.7 Å². The number of nitrogens with zero attached hydrogens (tertiary/aromatic N) is 5. The van der Waals surface area contributed by atoms with E-state index >= 15 is 0 Å². The molecule has 0 radical (unpaired) electrons. The first-order valence-corrected chi connectivity index (χ1v) is 11.9. The quantitative estimate of drug-likeness (QED) is 0.469. The van der Waals surface area contributed by atoms with E-state index in [1.54, 1.807) is 18.4 Å². The largest absolute Gasteiger partial charge is 0.462 e. The zero-order valence-electron chi connectivity index (χ0n) is 16.3. The molecule has 0 spiro atoms. The molecule has 0 saturated carbocycles. The third-order valence-corrected chi connectivity index (χ3v) is 6.99. The van der Waals surface area contributed by atoms with Gasteiger partial charge in [0.2, 0.25) is 16.0 Å². The van der Waals surface area contributed by atoms with Crippen LogP contribution >= 0.6 is 11.3 Å². The number of anilines is 3. The predicted octanol–water partition coefficient (Wildman–Crippen LogP) is 1.90. The first kappa shape index (κ1) is 19.7. The molecule has 1 saturated heterocycles. The van der Waals surface area contributed by atoms with Gasteiger partial charge in [0, 0.05) is 31.9 Å². The molecule has 160 valence electrons. The molecule has 1 fully saturated rings. The smallest absolute Gasteiger partial charge is 0.238 e. The van der Waals surface area contributed by atoms with Crippen molar-refractivity contribution in [2.45, 2.75) is 4.90 Å². The number of fused-ring (bicyclic) bond motifs is 1. The van der Waals surface area contributed by atoms with Crippen molar-refractivity contribution < 1.29 is 12.8 Å². The number of nitrogens with two attached hydrogens (primary N) is 2. The van der Waals surface area contributed by atoms with Crippen LogP contribution < -0.4 is 20.7 Å². The Bertz CT molecular complexity index is 1330. The molecule has 0 amide bonds. The van der Waals surface area contributed by atoms with Crippen molar-refractivity contribution in [3.63, 3.8) is 0 Å². The normalized spacial score (nSPS) is 15.0. The van der Waals surface area contributed by atoms with Crippen LogP contribution in [0.5, 0.6) is 0 Å². The van der Waals surface area contributed by atoms with Crippen LogP contribution in [0.4, 0.5) is 17.5 Å². The molecule has 12 heteroatoms. The summed E-state index contributed by atoms with van der Waals surface area (Å²) in [5.41, 5.74) is 7.68. The maximum Gasteiger partial charge on any atom is 0.238 e. The number of rotatable bonds is 4. The molecule has 3 aromatic heterocycles. The zero-order valence-corrected chi connectivity index (χ0v) is 17.9. The van der Waals surface area contributed by atoms with Crippen LogP contribution in [0.3, 0.4) is 0 Å². The number of aromatic nitrogens is 3. The Kier molecular flexibility index (Phi) is 4.76. The fraction of sp³-hybridized carbons (Fsp3) is 0.211. The zero-order chi connectivity index (χ0) is 21.6. The molecule has 4 N–H and O–H groups in total. The van der Waals surface area contributed by atoms with Gasteiger partial charge in [-0.2, -0.15) is 9.97 Å². The maximum absolute atomic E-state index is 11.4. The summed E-state index contributed by atoms with van der Waals surface area (Å²) >= 11 is 1.42. The minimum atomic E-state index is -3.70. The van der Waals surface area contributed by atoms with Gasteiger partial charge in [0.15, 0.2) is 21.4 Å². The molecule has 4 heterocycles. The van der Waals surface area contributed by atoms with Crippen LogP contribution in [0, 0.1) is 0 Å². The van der Waals surface area contributed by atoms with Gasteiger partial charge in [-0.15, -0.1) is 0 Å². The molecule has 0 aliphatic carbocycles. The summed E-state index contributed by atoms with van der Waals surface area (Å²) in [4.78, 5) is 18.7. The Labute approximate surface area is 182 Å². The van der Waals surface area contributed by atoms with E-state index in [4.69, 9.17) is 15.3 Å². The van der Waals surface area contributed by atoms with Crippen molar-refractivity contribution in [3.05, 3.63) is 42.7 Å². The lowest BCUT2D eigenvalue weighted by Gasteiger charge is -2.36. The lowest BCUT2D eigenvalue weighted by molar-refractivity contribution is 0.582. The highest BCUT2D eigenvalue weighted by atomic mass is 32.2. The average molecular weight is 458 g/mol. The fourth-order valence-corrected chi connectivity index (χ4v) is 4.92. The molecule has 1 aliphatic rings. The summed E-state index contributed by atoms with van der Waals surface area (Å²) in [7, 11) is -3.70. The third kappa shape index (κ3) is 3.80. The molecule has 0 atom stereocenters. The number of furan rings is 1. The molecular weight excluding hydrogens is 438 g/mol. The van der Waals surface area contributed by atoms with Gasteiger partial charge < -0.3 is 20.0 Å². The Hall–Kier alpha value is -3.22. The molecule has 4 aromatic rings. The maximum atomic E-state index is 11.4. The summed E-state index contributed by atoms with van der Waals surface area (Å²) < 4.78 is 28.3. The summed E-state index contributed by atoms with van der Waals surface area (Å²) in [5.74, 6) is 1.59. The second-order valence-electron chi connectivity index (χ2n) is 7.07. The molecule has 31 heavy (non-hydrogen) atoms. The van der Waals surface area contributed by atoms with E-state index in [1.165, 1.54) is 23.5 Å². The van der Waals surface area contributed by atoms with Gasteiger partial charge in [-0.05, 0) is 36.4 Å². The van der Waals surface area contributed by atoms with Gasteiger partial charge in [0.1, 0.15) is 5.52 Å². The SMILES string of the molecule is Nc1nc(N2CCN(c3ccc(S(N)(=O)=O)cc3)CC2)nc2sc(-c3ccco3)nc12. The van der Waals surface area contributed by atoms with E-state index in [9.17, 15) is 8.42 Å². The van der Waals surface area contributed by atoms with Gasteiger partial charge in [-0.25, -0.2) is 18.5 Å². The van der Waals surface area contributed by atoms with Crippen LogP contribution in [0.1, 0.15) is 0 Å². The van der Waals surface area contributed by atoms with Crippen LogP contribution in [0.25, 0.3) is 21.1 Å². The molecule has 10 nitrogen and oxygen atoms in total. The van der Waals surface area contributed by atoms with Crippen LogP contribution in [-0.2, 0) is 10.0 Å². The Morgan fingerprint density at radius 1 is 0.968 bits per heavy atom. The van der Waals surface area contributed by atoms with E-state index in [1.807, 2.05) is 12.1 Å². The number of nitrogen functional groups attached to an aromatic ring is 1. The van der Waals surface area contributed by atoms with Crippen molar-refractivity contribution in [3.8, 4) is 10.8 Å². The second-order valence-corrected chi connectivity index (χ2v) is 9.61. The number of piperazine rings is 1. The Morgan fingerprint density at radius 3 is 2.32 bits per heavy atom. The Balaban J connectivity index is 1.33. The molecule has 5 rings (SSSR count). The Morgan fingerprint density at radius 2 is 1.68 bits per heavy atom. The van der Waals surface area contributed by atoms with Crippen molar-refractivity contribution >= 4 is 49.2 Å². The first-order valence-electron chi connectivity index (χ1n) is 9.49. The summed E-state index contributed by atoms with van der Waals surface area (Å²) in [6.07, 6.45) is 1.60. The fourth-order valence-electron chi connectivity index (χ4n) is 3.49. The van der Waals surface area contributed by atoms with Crippen molar-refractivity contribution in [2.24, 2.45) is 5.14 Å². The first-order chi connectivity index (χ1) is 14.9. The second kappa shape index (κ2) is 7.48. The topological polar surface area (TPSA) is 144 Å². The van der Waals surface area contributed by atoms with Crippen molar-refractivity contribution in [1.82, 2.24) is 15.0 Å². The van der Waals surface area contributed by atoms with Crippen molar-refractivity contribution in [1.29, 1.82) is 0 Å². The molecule has 0 bridgehead atoms. The molecule has 1 aromatic carbocycles. The minimum absolute atomic E-state index is 0.102. The van der Waals surface area contributed by atoms with E-state index in [0.29, 0.717) is 41.1 Å². The van der Waals surface area contributed by atoms with E-state index in [2.05, 4.69) is 24.8 Å². The highest BCUT2D eigenvalue weighted by Crippen LogP contribution is 2.32. The number of sulfonamides is 1. The van der Waals surface area contributed by atoms with Crippen LogP contribution in [-0.4, -0.2) is 49.5 Å². The predicted molar refractivity (Wildman–Crippen MR) is 120 cm³/mol. The summed E-state index contributed by atoms with van der Waals surface area (Å²) in [6.45, 7) is 2.87. The monoisotopic (exact) mass is 457 g/mol. The number of hydrogen-bond acceptors (Lipinski definition) is 10. The third-order valence-electron chi connectivity index (χ3n) is 5.10. The van der Waals surface area contributed by atoms with E-state index in [-0.39, 0.29) is 4.90 Å². The standard InChI is InChI=1S/C19H19N7O3S2/c20-16-15-18(30-17(22-15)14-2-1-11-29-14)24-19(23-16)26-9-7-25(8-10-26)12-3-5-13(6-4-12)31(21,27)28/h1-6,11H,7-10H2,(H2,20,23,24)(H2,21,27,28).